The van der Waals surface area contributed by atoms with E-state index in [0.29, 0.717) is 18.5 Å². The first-order valence-electron chi connectivity index (χ1n) is 12.8. The first-order chi connectivity index (χ1) is 17.0. The van der Waals surface area contributed by atoms with Crippen molar-refractivity contribution in [3.05, 3.63) is 35.4 Å². The molecule has 4 rings (SSSR count). The summed E-state index contributed by atoms with van der Waals surface area (Å²) in [7, 11) is 0. The first-order valence-corrected chi connectivity index (χ1v) is 12.8. The molecule has 2 bridgehead atoms. The molecule has 1 aromatic carbocycles. The van der Waals surface area contributed by atoms with Crippen LogP contribution < -0.4 is 11.1 Å². The van der Waals surface area contributed by atoms with Gasteiger partial charge in [0.2, 0.25) is 0 Å². The number of fused-ring (bicyclic) bond motifs is 2. The first kappa shape index (κ1) is 26.3. The molecular formula is C28H38N4O4. The molecule has 0 aromatic heterocycles. The zero-order chi connectivity index (χ0) is 26.1. The highest BCUT2D eigenvalue weighted by Gasteiger charge is 2.55. The van der Waals surface area contributed by atoms with Crippen LogP contribution in [0.15, 0.2) is 29.3 Å². The van der Waals surface area contributed by atoms with E-state index in [-0.39, 0.29) is 30.4 Å². The van der Waals surface area contributed by atoms with Gasteiger partial charge in [-0.25, -0.2) is 4.99 Å². The lowest BCUT2D eigenvalue weighted by atomic mass is 9.75. The summed E-state index contributed by atoms with van der Waals surface area (Å²) >= 11 is 0. The minimum atomic E-state index is -0.706. The average molecular weight is 495 g/mol. The molecule has 2 fully saturated rings. The maximum Gasteiger partial charge on any atom is 0.290 e. The number of nitriles is 1. The Bertz CT molecular complexity index is 1100. The number of rotatable bonds is 6. The maximum absolute atomic E-state index is 12.8. The number of amides is 1. The highest BCUT2D eigenvalue weighted by Crippen LogP contribution is 2.53. The lowest BCUT2D eigenvalue weighted by molar-refractivity contribution is -0.177. The van der Waals surface area contributed by atoms with E-state index in [0.717, 1.165) is 43.2 Å². The number of aliphatic imine (C=N–C) groups is 1. The molecule has 3 aliphatic rings. The predicted molar refractivity (Wildman–Crippen MR) is 139 cm³/mol. The third-order valence-corrected chi connectivity index (χ3v) is 8.12. The van der Waals surface area contributed by atoms with Gasteiger partial charge in [0, 0.05) is 11.3 Å². The second kappa shape index (κ2) is 9.97. The molecule has 2 saturated heterocycles. The third-order valence-electron chi connectivity index (χ3n) is 8.12. The molecule has 0 saturated carbocycles. The molecule has 5 N–H and O–H groups in total. The number of benzene rings is 1. The smallest absolute Gasteiger partial charge is 0.290 e. The summed E-state index contributed by atoms with van der Waals surface area (Å²) in [6.07, 6.45) is 7.99. The van der Waals surface area contributed by atoms with E-state index < -0.39 is 23.2 Å². The minimum Gasteiger partial charge on any atom is -0.393 e. The fourth-order valence-corrected chi connectivity index (χ4v) is 5.86. The Hall–Kier alpha value is -2.73. The third kappa shape index (κ3) is 5.34. The Labute approximate surface area is 213 Å². The standard InChI is InChI=1S/C28H38N4O4/c1-18(15-29)31-24(30)25(35)32-23-5-4-20(12-22(23)19-6-8-26(2,3)9-7-19)21-13-27(16-33)10-11-28(14-21,17-34)36-27/h4-6,12,18,21,33-34H,7-11,13-14,16-17H2,1-3H3,(H2,30,31)(H,32,35)/t18?,21?,27-,28+. The summed E-state index contributed by atoms with van der Waals surface area (Å²) in [6, 6.07) is 7.29. The number of carbonyl (C=O) groups is 1. The summed E-state index contributed by atoms with van der Waals surface area (Å²) in [5.41, 5.74) is 8.75. The van der Waals surface area contributed by atoms with Crippen LogP contribution in [0.25, 0.3) is 5.57 Å². The van der Waals surface area contributed by atoms with Gasteiger partial charge in [-0.1, -0.05) is 26.0 Å². The molecule has 4 atom stereocenters. The zero-order valence-corrected chi connectivity index (χ0v) is 21.5. The van der Waals surface area contributed by atoms with Crippen LogP contribution in [-0.2, 0) is 9.53 Å². The monoisotopic (exact) mass is 494 g/mol. The number of aliphatic hydroxyl groups is 2. The number of nitrogens with zero attached hydrogens (tertiary/aromatic N) is 2. The summed E-state index contributed by atoms with van der Waals surface area (Å²) in [5.74, 6) is -0.646. The molecule has 8 heteroatoms. The van der Waals surface area contributed by atoms with E-state index in [1.165, 1.54) is 5.57 Å². The number of ether oxygens (including phenoxy) is 1. The van der Waals surface area contributed by atoms with E-state index in [9.17, 15) is 15.0 Å². The Morgan fingerprint density at radius 3 is 2.47 bits per heavy atom. The topological polar surface area (TPSA) is 141 Å². The zero-order valence-electron chi connectivity index (χ0n) is 21.5. The van der Waals surface area contributed by atoms with E-state index in [2.05, 4.69) is 36.3 Å². The van der Waals surface area contributed by atoms with Gasteiger partial charge < -0.3 is 26.0 Å². The fourth-order valence-electron chi connectivity index (χ4n) is 5.86. The van der Waals surface area contributed by atoms with Crippen molar-refractivity contribution in [2.24, 2.45) is 16.1 Å². The molecular weight excluding hydrogens is 456 g/mol. The molecule has 2 heterocycles. The van der Waals surface area contributed by atoms with Crippen LogP contribution in [0.2, 0.25) is 0 Å². The Morgan fingerprint density at radius 1 is 1.25 bits per heavy atom. The van der Waals surface area contributed by atoms with Crippen molar-refractivity contribution < 1.29 is 19.7 Å². The molecule has 2 aliphatic heterocycles. The van der Waals surface area contributed by atoms with Crippen molar-refractivity contribution in [1.82, 2.24) is 0 Å². The number of anilines is 1. The summed E-state index contributed by atoms with van der Waals surface area (Å²) in [6.45, 7) is 5.97. The Kier molecular flexibility index (Phi) is 7.29. The van der Waals surface area contributed by atoms with Gasteiger partial charge in [-0.15, -0.1) is 0 Å². The normalized spacial score (nSPS) is 30.3. The Morgan fingerprint density at radius 2 is 1.92 bits per heavy atom. The molecule has 194 valence electrons. The van der Waals surface area contributed by atoms with Gasteiger partial charge >= 0.3 is 0 Å². The van der Waals surface area contributed by atoms with E-state index in [1.807, 2.05) is 18.2 Å². The average Bonchev–Trinajstić information content (AvgIpc) is 3.15. The van der Waals surface area contributed by atoms with Crippen LogP contribution >= 0.6 is 0 Å². The molecule has 8 nitrogen and oxygen atoms in total. The van der Waals surface area contributed by atoms with E-state index >= 15 is 0 Å². The van der Waals surface area contributed by atoms with Gasteiger partial charge in [0.1, 0.15) is 6.04 Å². The van der Waals surface area contributed by atoms with Crippen molar-refractivity contribution in [3.63, 3.8) is 0 Å². The highest BCUT2D eigenvalue weighted by atomic mass is 16.6. The SMILES string of the molecule is CC(C#N)/N=C(\N)C(=O)Nc1ccc(C2C[C@]3(CO)CC[C@](CO)(C2)O3)cc1C1=CCC(C)(C)CC1. The van der Waals surface area contributed by atoms with Gasteiger partial charge in [0.15, 0.2) is 5.84 Å². The van der Waals surface area contributed by atoms with Crippen LogP contribution in [0, 0.1) is 16.7 Å². The molecule has 0 spiro atoms. The van der Waals surface area contributed by atoms with E-state index in [1.54, 1.807) is 6.92 Å². The fraction of sp³-hybridized carbons (Fsp3) is 0.607. The number of hydrogen-bond acceptors (Lipinski definition) is 6. The van der Waals surface area contributed by atoms with Crippen molar-refractivity contribution >= 4 is 23.0 Å². The number of nitrogens with two attached hydrogens (primary N) is 1. The summed E-state index contributed by atoms with van der Waals surface area (Å²) < 4.78 is 6.22. The van der Waals surface area contributed by atoms with Gasteiger partial charge in [-0.05, 0) is 86.5 Å². The number of allylic oxidation sites excluding steroid dienone is 2. The largest absolute Gasteiger partial charge is 0.393 e. The van der Waals surface area contributed by atoms with Crippen molar-refractivity contribution in [3.8, 4) is 6.07 Å². The van der Waals surface area contributed by atoms with Crippen LogP contribution in [0.4, 0.5) is 5.69 Å². The van der Waals surface area contributed by atoms with Crippen LogP contribution in [0.1, 0.15) is 82.8 Å². The van der Waals surface area contributed by atoms with E-state index in [4.69, 9.17) is 15.7 Å². The number of aliphatic hydroxyl groups excluding tert-OH is 2. The minimum absolute atomic E-state index is 0.0633. The van der Waals surface area contributed by atoms with Gasteiger partial charge in [-0.2, -0.15) is 5.26 Å². The Balaban J connectivity index is 1.69. The molecule has 1 aliphatic carbocycles. The molecule has 2 unspecified atom stereocenters. The van der Waals surface area contributed by atoms with Gasteiger partial charge in [0.05, 0.1) is 30.5 Å². The predicted octanol–water partition coefficient (Wildman–Crippen LogP) is 3.64. The number of carbonyl (C=O) groups excluding carboxylic acids is 1. The van der Waals surface area contributed by atoms with Gasteiger partial charge in [0.25, 0.3) is 5.91 Å². The van der Waals surface area contributed by atoms with Crippen LogP contribution in [0.5, 0.6) is 0 Å². The maximum atomic E-state index is 12.8. The lowest BCUT2D eigenvalue weighted by Gasteiger charge is -2.43. The second-order valence-electron chi connectivity index (χ2n) is 11.6. The molecule has 36 heavy (non-hydrogen) atoms. The van der Waals surface area contributed by atoms with Crippen molar-refractivity contribution in [2.75, 3.05) is 18.5 Å². The molecule has 1 aromatic rings. The molecule has 0 radical (unpaired) electrons. The second-order valence-corrected chi connectivity index (χ2v) is 11.6. The van der Waals surface area contributed by atoms with Crippen LogP contribution in [-0.4, -0.2) is 52.4 Å². The summed E-state index contributed by atoms with van der Waals surface area (Å²) in [4.78, 5) is 16.7. The molecule has 1 amide bonds. The van der Waals surface area contributed by atoms with Gasteiger partial charge in [-0.3, -0.25) is 4.79 Å². The quantitative estimate of drug-likeness (QED) is 0.351. The number of hydrogen-bond donors (Lipinski definition) is 4. The van der Waals surface area contributed by atoms with Crippen LogP contribution in [0.3, 0.4) is 0 Å². The highest BCUT2D eigenvalue weighted by molar-refractivity contribution is 6.41. The number of nitrogens with one attached hydrogen (secondary N) is 1. The van der Waals surface area contributed by atoms with Crippen molar-refractivity contribution in [1.29, 1.82) is 5.26 Å². The number of amidine groups is 1. The lowest BCUT2D eigenvalue weighted by Crippen LogP contribution is -2.47. The van der Waals surface area contributed by atoms with Crippen molar-refractivity contribution in [2.45, 2.75) is 88.9 Å². The summed E-state index contributed by atoms with van der Waals surface area (Å²) in [5, 5.41) is 32.1.